The number of hydrogen-bond acceptors (Lipinski definition) is 4. The van der Waals surface area contributed by atoms with Crippen molar-refractivity contribution in [2.75, 3.05) is 21.2 Å². The van der Waals surface area contributed by atoms with E-state index in [0.717, 1.165) is 27.8 Å². The summed E-state index contributed by atoms with van der Waals surface area (Å²) >= 11 is 0. The first kappa shape index (κ1) is 20.3. The van der Waals surface area contributed by atoms with Crippen molar-refractivity contribution in [3.05, 3.63) is 78.5 Å². The first-order valence-corrected chi connectivity index (χ1v) is 9.93. The Morgan fingerprint density at radius 2 is 1.52 bits per heavy atom. The highest BCUT2D eigenvalue weighted by Crippen LogP contribution is 2.40. The second-order valence-electron chi connectivity index (χ2n) is 7.39. The third-order valence-electron chi connectivity index (χ3n) is 5.20. The standard InChI is InChI=1S/C25H23N3O3/c1-27(2)21(29)16-28-23(18-12-8-5-9-13-18)22(17-10-6-4-7-11-17)19-14-15-20(25(30)31-3)26-24(19)28/h4-15H,16H2,1-3H3. The molecule has 6 nitrogen and oxygen atoms in total. The van der Waals surface area contributed by atoms with Crippen LogP contribution in [0.4, 0.5) is 0 Å². The summed E-state index contributed by atoms with van der Waals surface area (Å²) in [5.41, 5.74) is 4.59. The zero-order valence-electron chi connectivity index (χ0n) is 17.7. The van der Waals surface area contributed by atoms with E-state index in [-0.39, 0.29) is 18.1 Å². The van der Waals surface area contributed by atoms with Crippen LogP contribution < -0.4 is 0 Å². The Balaban J connectivity index is 2.10. The SMILES string of the molecule is COC(=O)c1ccc2c(-c3ccccc3)c(-c3ccccc3)n(CC(=O)N(C)C)c2n1. The highest BCUT2D eigenvalue weighted by Gasteiger charge is 2.24. The lowest BCUT2D eigenvalue weighted by atomic mass is 9.99. The number of benzene rings is 2. The van der Waals surface area contributed by atoms with Crippen LogP contribution in [-0.4, -0.2) is 47.5 Å². The molecule has 4 rings (SSSR count). The molecule has 0 N–H and O–H groups in total. The lowest BCUT2D eigenvalue weighted by Crippen LogP contribution is -2.26. The summed E-state index contributed by atoms with van der Waals surface area (Å²) in [5.74, 6) is -0.588. The molecule has 0 aliphatic heterocycles. The Morgan fingerprint density at radius 3 is 2.10 bits per heavy atom. The normalized spacial score (nSPS) is 10.8. The summed E-state index contributed by atoms with van der Waals surface area (Å²) in [4.78, 5) is 31.1. The topological polar surface area (TPSA) is 64.4 Å². The van der Waals surface area contributed by atoms with E-state index < -0.39 is 5.97 Å². The lowest BCUT2D eigenvalue weighted by molar-refractivity contribution is -0.129. The lowest BCUT2D eigenvalue weighted by Gasteiger charge is -2.15. The fraction of sp³-hybridized carbons (Fsp3) is 0.160. The molecule has 2 heterocycles. The van der Waals surface area contributed by atoms with E-state index in [1.54, 1.807) is 25.1 Å². The Labute approximate surface area is 180 Å². The summed E-state index contributed by atoms with van der Waals surface area (Å²) in [7, 11) is 4.77. The van der Waals surface area contributed by atoms with Crippen LogP contribution in [0.1, 0.15) is 10.5 Å². The summed E-state index contributed by atoms with van der Waals surface area (Å²) in [6, 6.07) is 23.4. The van der Waals surface area contributed by atoms with Gasteiger partial charge in [0.2, 0.25) is 5.91 Å². The number of fused-ring (bicyclic) bond motifs is 1. The van der Waals surface area contributed by atoms with Gasteiger partial charge in [-0.1, -0.05) is 60.7 Å². The molecule has 0 unspecified atom stereocenters. The molecule has 156 valence electrons. The number of aromatic nitrogens is 2. The second kappa shape index (κ2) is 8.44. The van der Waals surface area contributed by atoms with Crippen molar-refractivity contribution in [2.45, 2.75) is 6.54 Å². The van der Waals surface area contributed by atoms with Crippen LogP contribution in [0.5, 0.6) is 0 Å². The van der Waals surface area contributed by atoms with Crippen molar-refractivity contribution >= 4 is 22.9 Å². The van der Waals surface area contributed by atoms with Crippen LogP contribution in [0.15, 0.2) is 72.8 Å². The van der Waals surface area contributed by atoms with Crippen molar-refractivity contribution in [2.24, 2.45) is 0 Å². The number of carbonyl (C=O) groups excluding carboxylic acids is 2. The molecule has 0 aliphatic rings. The van der Waals surface area contributed by atoms with E-state index in [0.29, 0.717) is 5.65 Å². The molecule has 0 bridgehead atoms. The first-order chi connectivity index (χ1) is 15.0. The third kappa shape index (κ3) is 3.80. The number of esters is 1. The average molecular weight is 413 g/mol. The fourth-order valence-corrected chi connectivity index (χ4v) is 3.66. The van der Waals surface area contributed by atoms with Gasteiger partial charge in [-0.3, -0.25) is 4.79 Å². The highest BCUT2D eigenvalue weighted by molar-refractivity contribution is 6.05. The van der Waals surface area contributed by atoms with E-state index in [1.807, 2.05) is 71.3 Å². The van der Waals surface area contributed by atoms with Crippen LogP contribution in [0.2, 0.25) is 0 Å². The average Bonchev–Trinajstić information content (AvgIpc) is 3.12. The number of likely N-dealkylation sites (N-methyl/N-ethyl adjacent to an activating group) is 1. The maximum absolute atomic E-state index is 12.7. The molecule has 0 saturated carbocycles. The largest absolute Gasteiger partial charge is 0.464 e. The summed E-state index contributed by atoms with van der Waals surface area (Å²) in [6.45, 7) is 0.0954. The third-order valence-corrected chi connectivity index (χ3v) is 5.20. The summed E-state index contributed by atoms with van der Waals surface area (Å²) < 4.78 is 6.76. The van der Waals surface area contributed by atoms with Gasteiger partial charge in [-0.15, -0.1) is 0 Å². The molecule has 0 spiro atoms. The molecule has 0 fully saturated rings. The van der Waals surface area contributed by atoms with Gasteiger partial charge in [-0.25, -0.2) is 9.78 Å². The zero-order chi connectivity index (χ0) is 22.0. The maximum Gasteiger partial charge on any atom is 0.356 e. The number of carbonyl (C=O) groups is 2. The Kier molecular flexibility index (Phi) is 5.54. The van der Waals surface area contributed by atoms with Gasteiger partial charge in [-0.2, -0.15) is 0 Å². The number of amides is 1. The quantitative estimate of drug-likeness (QED) is 0.459. The Hall–Kier alpha value is -3.93. The minimum atomic E-state index is -0.517. The molecular weight excluding hydrogens is 390 g/mol. The smallest absolute Gasteiger partial charge is 0.356 e. The van der Waals surface area contributed by atoms with Gasteiger partial charge in [0, 0.05) is 25.0 Å². The van der Waals surface area contributed by atoms with Crippen molar-refractivity contribution in [3.63, 3.8) is 0 Å². The van der Waals surface area contributed by atoms with Gasteiger partial charge in [-0.05, 0) is 23.3 Å². The van der Waals surface area contributed by atoms with Gasteiger partial charge in [0.05, 0.1) is 12.8 Å². The van der Waals surface area contributed by atoms with Crippen molar-refractivity contribution in [1.82, 2.24) is 14.5 Å². The summed E-state index contributed by atoms with van der Waals surface area (Å²) in [5, 5.41) is 0.865. The van der Waals surface area contributed by atoms with E-state index in [9.17, 15) is 9.59 Å². The molecule has 0 radical (unpaired) electrons. The minimum absolute atomic E-state index is 0.0704. The van der Waals surface area contributed by atoms with Crippen LogP contribution in [0.25, 0.3) is 33.4 Å². The molecule has 2 aromatic heterocycles. The molecule has 4 aromatic rings. The molecule has 0 aliphatic carbocycles. The van der Waals surface area contributed by atoms with Crippen LogP contribution >= 0.6 is 0 Å². The predicted molar refractivity (Wildman–Crippen MR) is 121 cm³/mol. The number of nitrogens with zero attached hydrogens (tertiary/aromatic N) is 3. The van der Waals surface area contributed by atoms with Crippen LogP contribution in [0.3, 0.4) is 0 Å². The number of pyridine rings is 1. The first-order valence-electron chi connectivity index (χ1n) is 9.93. The minimum Gasteiger partial charge on any atom is -0.464 e. The number of methoxy groups -OCH3 is 1. The molecule has 1 amide bonds. The van der Waals surface area contributed by atoms with E-state index in [2.05, 4.69) is 4.98 Å². The Bertz CT molecular complexity index is 1250. The van der Waals surface area contributed by atoms with Gasteiger partial charge in [0.25, 0.3) is 0 Å². The monoisotopic (exact) mass is 413 g/mol. The predicted octanol–water partition coefficient (Wildman–Crippen LogP) is 4.25. The molecule has 31 heavy (non-hydrogen) atoms. The van der Waals surface area contributed by atoms with E-state index in [4.69, 9.17) is 4.74 Å². The second-order valence-corrected chi connectivity index (χ2v) is 7.39. The number of hydrogen-bond donors (Lipinski definition) is 0. The van der Waals surface area contributed by atoms with Crippen molar-refractivity contribution < 1.29 is 14.3 Å². The highest BCUT2D eigenvalue weighted by atomic mass is 16.5. The molecule has 0 saturated heterocycles. The van der Waals surface area contributed by atoms with Gasteiger partial charge in [0.15, 0.2) is 5.69 Å². The van der Waals surface area contributed by atoms with Crippen molar-refractivity contribution in [1.29, 1.82) is 0 Å². The summed E-state index contributed by atoms with van der Waals surface area (Å²) in [6.07, 6.45) is 0. The van der Waals surface area contributed by atoms with E-state index in [1.165, 1.54) is 7.11 Å². The fourth-order valence-electron chi connectivity index (χ4n) is 3.66. The van der Waals surface area contributed by atoms with E-state index >= 15 is 0 Å². The van der Waals surface area contributed by atoms with Crippen LogP contribution in [0, 0.1) is 0 Å². The number of ether oxygens (including phenoxy) is 1. The van der Waals surface area contributed by atoms with Gasteiger partial charge < -0.3 is 14.2 Å². The number of rotatable bonds is 5. The zero-order valence-corrected chi connectivity index (χ0v) is 17.7. The molecule has 0 atom stereocenters. The van der Waals surface area contributed by atoms with Crippen molar-refractivity contribution in [3.8, 4) is 22.4 Å². The molecular formula is C25H23N3O3. The van der Waals surface area contributed by atoms with Gasteiger partial charge >= 0.3 is 5.97 Å². The molecule has 2 aromatic carbocycles. The maximum atomic E-state index is 12.7. The van der Waals surface area contributed by atoms with Crippen LogP contribution in [-0.2, 0) is 16.1 Å². The van der Waals surface area contributed by atoms with Gasteiger partial charge in [0.1, 0.15) is 12.2 Å². The molecule has 6 heteroatoms. The Morgan fingerprint density at radius 1 is 0.903 bits per heavy atom.